The third-order valence-electron chi connectivity index (χ3n) is 4.77. The van der Waals surface area contributed by atoms with E-state index in [9.17, 15) is 9.18 Å². The van der Waals surface area contributed by atoms with Crippen molar-refractivity contribution in [1.29, 1.82) is 0 Å². The number of amides is 1. The van der Waals surface area contributed by atoms with Crippen LogP contribution in [0.2, 0.25) is 5.28 Å². The Kier molecular flexibility index (Phi) is 4.03. The fourth-order valence-corrected chi connectivity index (χ4v) is 3.52. The molecule has 0 radical (unpaired) electrons. The molecule has 2 aliphatic rings. The minimum Gasteiger partial charge on any atom is -0.443 e. The minimum atomic E-state index is -0.609. The maximum Gasteiger partial charge on any atom is 0.414 e. The van der Waals surface area contributed by atoms with Gasteiger partial charge in [-0.2, -0.15) is 4.98 Å². The summed E-state index contributed by atoms with van der Waals surface area (Å²) in [5, 5.41) is 2.86. The zero-order chi connectivity index (χ0) is 19.4. The van der Waals surface area contributed by atoms with Crippen LogP contribution in [0.15, 0.2) is 24.4 Å². The number of hydrogen-bond donors (Lipinski definition) is 1. The van der Waals surface area contributed by atoms with Gasteiger partial charge < -0.3 is 10.1 Å². The van der Waals surface area contributed by atoms with Gasteiger partial charge in [0.25, 0.3) is 0 Å². The molecule has 1 aliphatic heterocycles. The first-order valence-corrected chi connectivity index (χ1v) is 9.15. The number of nitrogens with zero attached hydrogens (tertiary/aromatic N) is 3. The number of halogens is 2. The zero-order valence-electron chi connectivity index (χ0n) is 15.3. The summed E-state index contributed by atoms with van der Waals surface area (Å²) in [4.78, 5) is 21.8. The molecule has 1 fully saturated rings. The van der Waals surface area contributed by atoms with Crippen molar-refractivity contribution in [3.05, 3.63) is 41.1 Å². The third kappa shape index (κ3) is 3.43. The number of carbonyl (C=O) groups excluding carboxylic acids is 1. The molecule has 2 aromatic rings. The summed E-state index contributed by atoms with van der Waals surface area (Å²) in [5.74, 6) is -0.625. The highest BCUT2D eigenvalue weighted by Gasteiger charge is 2.53. The molecule has 27 heavy (non-hydrogen) atoms. The van der Waals surface area contributed by atoms with Crippen LogP contribution in [0.1, 0.15) is 39.2 Å². The first-order valence-electron chi connectivity index (χ1n) is 8.77. The highest BCUT2D eigenvalue weighted by molar-refractivity contribution is 6.28. The largest absolute Gasteiger partial charge is 0.443 e. The van der Waals surface area contributed by atoms with E-state index in [2.05, 4.69) is 15.3 Å². The van der Waals surface area contributed by atoms with Crippen LogP contribution < -0.4 is 10.2 Å². The Hall–Kier alpha value is -2.41. The van der Waals surface area contributed by atoms with Gasteiger partial charge in [-0.1, -0.05) is 6.07 Å². The van der Waals surface area contributed by atoms with E-state index in [4.69, 9.17) is 16.3 Å². The number of aromatic nitrogens is 2. The zero-order valence-corrected chi connectivity index (χ0v) is 16.1. The predicted molar refractivity (Wildman–Crippen MR) is 101 cm³/mol. The van der Waals surface area contributed by atoms with Crippen LogP contribution >= 0.6 is 11.6 Å². The van der Waals surface area contributed by atoms with Crippen molar-refractivity contribution < 1.29 is 13.9 Å². The highest BCUT2D eigenvalue weighted by Crippen LogP contribution is 2.57. The summed E-state index contributed by atoms with van der Waals surface area (Å²) in [7, 11) is 0. The molecule has 1 aliphatic carbocycles. The summed E-state index contributed by atoms with van der Waals surface area (Å²) >= 11 is 5.75. The fraction of sp³-hybridized carbons (Fsp3) is 0.421. The number of fused-ring (bicyclic) bond motifs is 2. The molecule has 1 aromatic heterocycles. The van der Waals surface area contributed by atoms with Crippen LogP contribution in [0, 0.1) is 5.82 Å². The normalized spacial score (nSPS) is 17.0. The molecule has 1 aromatic carbocycles. The summed E-state index contributed by atoms with van der Waals surface area (Å²) in [6, 6.07) is 5.66. The van der Waals surface area contributed by atoms with E-state index in [-0.39, 0.29) is 22.6 Å². The topological polar surface area (TPSA) is 67.3 Å². The molecule has 0 atom stereocenters. The predicted octanol–water partition coefficient (Wildman–Crippen LogP) is 4.80. The number of benzene rings is 1. The van der Waals surface area contributed by atoms with Crippen molar-refractivity contribution in [2.24, 2.45) is 0 Å². The van der Waals surface area contributed by atoms with Crippen molar-refractivity contribution in [3.8, 4) is 0 Å². The van der Waals surface area contributed by atoms with Crippen molar-refractivity contribution in [3.63, 3.8) is 0 Å². The van der Waals surface area contributed by atoms with Crippen LogP contribution in [-0.2, 0) is 10.2 Å². The lowest BCUT2D eigenvalue weighted by molar-refractivity contribution is 0.0581. The molecule has 0 saturated heterocycles. The maximum atomic E-state index is 13.9. The molecular weight excluding hydrogens is 371 g/mol. The number of nitrogens with one attached hydrogen (secondary N) is 1. The van der Waals surface area contributed by atoms with Crippen LogP contribution in [0.4, 0.5) is 26.4 Å². The van der Waals surface area contributed by atoms with Crippen molar-refractivity contribution in [1.82, 2.24) is 9.97 Å². The Morgan fingerprint density at radius 3 is 2.78 bits per heavy atom. The second-order valence-corrected chi connectivity index (χ2v) is 8.38. The van der Waals surface area contributed by atoms with Gasteiger partial charge in [0.1, 0.15) is 5.60 Å². The molecule has 1 N–H and O–H groups in total. The maximum absolute atomic E-state index is 13.9. The van der Waals surface area contributed by atoms with Crippen LogP contribution in [0.5, 0.6) is 0 Å². The Labute approximate surface area is 161 Å². The molecule has 1 amide bonds. The van der Waals surface area contributed by atoms with E-state index in [1.54, 1.807) is 4.90 Å². The lowest BCUT2D eigenvalue weighted by Gasteiger charge is -2.25. The van der Waals surface area contributed by atoms with Gasteiger partial charge in [-0.25, -0.2) is 14.2 Å². The first-order chi connectivity index (χ1) is 12.7. The average Bonchev–Trinajstić information content (AvgIpc) is 3.27. The number of anilines is 3. The Morgan fingerprint density at radius 1 is 1.37 bits per heavy atom. The van der Waals surface area contributed by atoms with E-state index in [1.807, 2.05) is 39.0 Å². The van der Waals surface area contributed by atoms with E-state index in [0.29, 0.717) is 12.2 Å². The number of carbonyl (C=O) groups is 1. The van der Waals surface area contributed by atoms with E-state index in [0.717, 1.165) is 30.3 Å². The molecule has 1 saturated carbocycles. The van der Waals surface area contributed by atoms with Gasteiger partial charge in [-0.3, -0.25) is 4.90 Å². The van der Waals surface area contributed by atoms with Gasteiger partial charge in [0, 0.05) is 17.6 Å². The first kappa shape index (κ1) is 18.0. The molecule has 4 rings (SSSR count). The average molecular weight is 391 g/mol. The Morgan fingerprint density at radius 2 is 2.11 bits per heavy atom. The minimum absolute atomic E-state index is 0.0158. The van der Waals surface area contributed by atoms with Gasteiger partial charge in [-0.05, 0) is 62.9 Å². The van der Waals surface area contributed by atoms with Crippen molar-refractivity contribution >= 4 is 34.9 Å². The van der Waals surface area contributed by atoms with Crippen molar-refractivity contribution in [2.75, 3.05) is 16.8 Å². The number of ether oxygens (including phenoxy) is 1. The van der Waals surface area contributed by atoms with E-state index < -0.39 is 11.4 Å². The quantitative estimate of drug-likeness (QED) is 0.746. The molecule has 1 spiro atoms. The molecule has 2 heterocycles. The van der Waals surface area contributed by atoms with E-state index >= 15 is 0 Å². The van der Waals surface area contributed by atoms with Crippen LogP contribution in [0.25, 0.3) is 0 Å². The van der Waals surface area contributed by atoms with Gasteiger partial charge in [0.15, 0.2) is 11.6 Å². The summed E-state index contributed by atoms with van der Waals surface area (Å²) in [6.07, 6.45) is 2.72. The Bertz CT molecular complexity index is 924. The second kappa shape index (κ2) is 6.05. The molecule has 6 nitrogen and oxygen atoms in total. The summed E-state index contributed by atoms with van der Waals surface area (Å²) in [6.45, 7) is 6.13. The lowest BCUT2D eigenvalue weighted by atomic mass is 9.98. The molecule has 0 unspecified atom stereocenters. The second-order valence-electron chi connectivity index (χ2n) is 8.04. The number of hydrogen-bond acceptors (Lipinski definition) is 5. The van der Waals surface area contributed by atoms with Crippen molar-refractivity contribution in [2.45, 2.75) is 44.6 Å². The fourth-order valence-electron chi connectivity index (χ4n) is 3.38. The van der Waals surface area contributed by atoms with Gasteiger partial charge >= 0.3 is 6.09 Å². The molecule has 0 bridgehead atoms. The van der Waals surface area contributed by atoms with Gasteiger partial charge in [-0.15, -0.1) is 0 Å². The SMILES string of the molecule is CC(C)(C)OC(=O)N1CC2(CC2)c2ccc(Nc3nc(Cl)ncc3F)cc21. The molecular formula is C19H20ClFN4O2. The van der Waals surface area contributed by atoms with Gasteiger partial charge in [0.05, 0.1) is 11.9 Å². The van der Waals surface area contributed by atoms with E-state index in [1.165, 1.54) is 0 Å². The monoisotopic (exact) mass is 390 g/mol. The third-order valence-corrected chi connectivity index (χ3v) is 4.95. The van der Waals surface area contributed by atoms with Gasteiger partial charge in [0.2, 0.25) is 5.28 Å². The van der Waals surface area contributed by atoms with Crippen LogP contribution in [-0.4, -0.2) is 28.2 Å². The summed E-state index contributed by atoms with van der Waals surface area (Å²) < 4.78 is 19.5. The standard InChI is InChI=1S/C19H20ClFN4O2/c1-18(2,3)27-17(26)25-10-19(6-7-19)12-5-4-11(8-14(12)25)23-15-13(21)9-22-16(20)24-15/h4-5,8-9H,6-7,10H2,1-3H3,(H,22,23,24). The number of rotatable bonds is 2. The smallest absolute Gasteiger partial charge is 0.414 e. The Balaban J connectivity index is 1.66. The molecule has 8 heteroatoms. The summed E-state index contributed by atoms with van der Waals surface area (Å²) in [5.41, 5.74) is 1.96. The molecule has 142 valence electrons. The lowest BCUT2D eigenvalue weighted by Crippen LogP contribution is -2.37. The highest BCUT2D eigenvalue weighted by atomic mass is 35.5. The van der Waals surface area contributed by atoms with Crippen LogP contribution in [0.3, 0.4) is 0 Å².